The Bertz CT molecular complexity index is 523. The summed E-state index contributed by atoms with van der Waals surface area (Å²) in [6, 6.07) is 3.12. The summed E-state index contributed by atoms with van der Waals surface area (Å²) in [5.74, 6) is -0.758. The van der Waals surface area contributed by atoms with Gasteiger partial charge in [-0.25, -0.2) is 0 Å². The minimum Gasteiger partial charge on any atom is -0.424 e. The average Bonchev–Trinajstić information content (AvgIpc) is 2.29. The van der Waals surface area contributed by atoms with E-state index < -0.39 is 11.4 Å². The maximum absolute atomic E-state index is 11.9. The fourth-order valence-electron chi connectivity index (χ4n) is 1.21. The Morgan fingerprint density at radius 3 is 2.37 bits per heavy atom. The van der Waals surface area contributed by atoms with Gasteiger partial charge < -0.3 is 10.1 Å². The summed E-state index contributed by atoms with van der Waals surface area (Å²) in [4.78, 5) is 23.7. The highest BCUT2D eigenvalue weighted by Crippen LogP contribution is 2.34. The SMILES string of the molecule is CNC(=O)c1cc(Br)cc(Cl)c1OC(=O)C(C)(C)C. The normalized spacial score (nSPS) is 11.1. The molecular formula is C13H15BrClNO3. The lowest BCUT2D eigenvalue weighted by atomic mass is 9.97. The average molecular weight is 349 g/mol. The Labute approximate surface area is 125 Å². The lowest BCUT2D eigenvalue weighted by Crippen LogP contribution is -2.27. The minimum absolute atomic E-state index is 0.0733. The third-order valence-corrected chi connectivity index (χ3v) is 3.03. The largest absolute Gasteiger partial charge is 0.424 e. The maximum atomic E-state index is 11.9. The van der Waals surface area contributed by atoms with E-state index in [1.807, 2.05) is 0 Å². The van der Waals surface area contributed by atoms with Crippen molar-refractivity contribution in [2.75, 3.05) is 7.05 Å². The molecule has 0 atom stereocenters. The minimum atomic E-state index is -0.684. The van der Waals surface area contributed by atoms with Gasteiger partial charge in [0, 0.05) is 11.5 Å². The Hall–Kier alpha value is -1.07. The molecule has 0 aromatic heterocycles. The monoisotopic (exact) mass is 347 g/mol. The summed E-state index contributed by atoms with van der Waals surface area (Å²) in [5.41, 5.74) is -0.476. The van der Waals surface area contributed by atoms with Gasteiger partial charge in [0.15, 0.2) is 5.75 Å². The smallest absolute Gasteiger partial charge is 0.316 e. The van der Waals surface area contributed by atoms with Gasteiger partial charge in [-0.1, -0.05) is 27.5 Å². The van der Waals surface area contributed by atoms with Crippen LogP contribution in [-0.2, 0) is 4.79 Å². The van der Waals surface area contributed by atoms with E-state index >= 15 is 0 Å². The van der Waals surface area contributed by atoms with Gasteiger partial charge in [0.05, 0.1) is 16.0 Å². The Morgan fingerprint density at radius 1 is 1.32 bits per heavy atom. The molecule has 0 saturated heterocycles. The van der Waals surface area contributed by atoms with Crippen molar-refractivity contribution in [2.45, 2.75) is 20.8 Å². The number of rotatable bonds is 2. The van der Waals surface area contributed by atoms with E-state index in [0.29, 0.717) is 4.47 Å². The van der Waals surface area contributed by atoms with Crippen LogP contribution in [-0.4, -0.2) is 18.9 Å². The molecule has 0 spiro atoms. The summed E-state index contributed by atoms with van der Waals surface area (Å²) >= 11 is 9.29. The van der Waals surface area contributed by atoms with Crippen LogP contribution in [0.4, 0.5) is 0 Å². The zero-order chi connectivity index (χ0) is 14.8. The van der Waals surface area contributed by atoms with Gasteiger partial charge >= 0.3 is 5.97 Å². The Balaban J connectivity index is 3.26. The molecule has 1 aromatic carbocycles. The second-order valence-electron chi connectivity index (χ2n) is 4.98. The molecule has 0 saturated carbocycles. The van der Waals surface area contributed by atoms with Crippen molar-refractivity contribution in [3.8, 4) is 5.75 Å². The third-order valence-electron chi connectivity index (χ3n) is 2.29. The fraction of sp³-hybridized carbons (Fsp3) is 0.385. The van der Waals surface area contributed by atoms with Crippen molar-refractivity contribution in [2.24, 2.45) is 5.41 Å². The Morgan fingerprint density at radius 2 is 1.89 bits per heavy atom. The summed E-state index contributed by atoms with van der Waals surface area (Å²) < 4.78 is 5.90. The van der Waals surface area contributed by atoms with Crippen LogP contribution in [0, 0.1) is 5.41 Å². The molecule has 6 heteroatoms. The number of nitrogens with one attached hydrogen (secondary N) is 1. The maximum Gasteiger partial charge on any atom is 0.316 e. The first-order valence-electron chi connectivity index (χ1n) is 5.60. The van der Waals surface area contributed by atoms with E-state index in [4.69, 9.17) is 16.3 Å². The molecule has 0 aliphatic rings. The highest BCUT2D eigenvalue weighted by Gasteiger charge is 2.27. The van der Waals surface area contributed by atoms with Crippen LogP contribution < -0.4 is 10.1 Å². The number of esters is 1. The first-order chi connectivity index (χ1) is 8.66. The summed E-state index contributed by atoms with van der Waals surface area (Å²) in [7, 11) is 1.49. The number of ether oxygens (including phenoxy) is 1. The van der Waals surface area contributed by atoms with Gasteiger partial charge in [-0.2, -0.15) is 0 Å². The molecule has 0 radical (unpaired) electrons. The fourth-order valence-corrected chi connectivity index (χ4v) is 2.06. The van der Waals surface area contributed by atoms with E-state index in [-0.39, 0.29) is 22.2 Å². The molecule has 1 N–H and O–H groups in total. The number of hydrogen-bond donors (Lipinski definition) is 1. The van der Waals surface area contributed by atoms with Crippen LogP contribution in [0.3, 0.4) is 0 Å². The molecule has 0 unspecified atom stereocenters. The molecule has 1 amide bonds. The van der Waals surface area contributed by atoms with Crippen LogP contribution in [0.5, 0.6) is 5.75 Å². The summed E-state index contributed by atoms with van der Waals surface area (Å²) in [6.07, 6.45) is 0. The van der Waals surface area contributed by atoms with Crippen LogP contribution in [0.2, 0.25) is 5.02 Å². The molecule has 0 aliphatic carbocycles. The lowest BCUT2D eigenvalue weighted by molar-refractivity contribution is -0.143. The number of carbonyl (C=O) groups is 2. The topological polar surface area (TPSA) is 55.4 Å². The molecule has 1 rings (SSSR count). The van der Waals surface area contributed by atoms with Gasteiger partial charge in [0.1, 0.15) is 0 Å². The summed E-state index contributed by atoms with van der Waals surface area (Å²) in [5, 5.41) is 2.68. The summed E-state index contributed by atoms with van der Waals surface area (Å²) in [6.45, 7) is 5.17. The van der Waals surface area contributed by atoms with Gasteiger partial charge in [0.25, 0.3) is 5.91 Å². The van der Waals surface area contributed by atoms with E-state index in [2.05, 4.69) is 21.2 Å². The number of benzene rings is 1. The predicted octanol–water partition coefficient (Wildman–Crippen LogP) is 3.41. The molecular weight excluding hydrogens is 334 g/mol. The van der Waals surface area contributed by atoms with Crippen LogP contribution in [0.15, 0.2) is 16.6 Å². The van der Waals surface area contributed by atoms with Crippen molar-refractivity contribution in [3.63, 3.8) is 0 Å². The van der Waals surface area contributed by atoms with Gasteiger partial charge in [0.2, 0.25) is 0 Å². The quantitative estimate of drug-likeness (QED) is 0.658. The molecule has 0 heterocycles. The van der Waals surface area contributed by atoms with Crippen LogP contribution in [0.25, 0.3) is 0 Å². The van der Waals surface area contributed by atoms with E-state index in [0.717, 1.165) is 0 Å². The molecule has 4 nitrogen and oxygen atoms in total. The third kappa shape index (κ3) is 3.94. The standard InChI is InChI=1S/C13H15BrClNO3/c1-13(2,3)12(18)19-10-8(11(17)16-4)5-7(14)6-9(10)15/h5-6H,1-4H3,(H,16,17). The van der Waals surface area contributed by atoms with Crippen molar-refractivity contribution in [1.82, 2.24) is 5.32 Å². The number of hydrogen-bond acceptors (Lipinski definition) is 3. The molecule has 0 bridgehead atoms. The van der Waals surface area contributed by atoms with Crippen molar-refractivity contribution < 1.29 is 14.3 Å². The number of halogens is 2. The highest BCUT2D eigenvalue weighted by molar-refractivity contribution is 9.10. The molecule has 0 fully saturated rings. The van der Waals surface area contributed by atoms with Gasteiger partial charge in [-0.15, -0.1) is 0 Å². The highest BCUT2D eigenvalue weighted by atomic mass is 79.9. The number of carbonyl (C=O) groups excluding carboxylic acids is 2. The number of amides is 1. The zero-order valence-corrected chi connectivity index (χ0v) is 13.5. The van der Waals surface area contributed by atoms with Crippen molar-refractivity contribution in [3.05, 3.63) is 27.2 Å². The van der Waals surface area contributed by atoms with Crippen molar-refractivity contribution in [1.29, 1.82) is 0 Å². The van der Waals surface area contributed by atoms with Crippen LogP contribution in [0.1, 0.15) is 31.1 Å². The van der Waals surface area contributed by atoms with Gasteiger partial charge in [-0.3, -0.25) is 9.59 Å². The van der Waals surface area contributed by atoms with E-state index in [9.17, 15) is 9.59 Å². The molecule has 104 valence electrons. The molecule has 1 aromatic rings. The van der Waals surface area contributed by atoms with E-state index in [1.54, 1.807) is 32.9 Å². The van der Waals surface area contributed by atoms with E-state index in [1.165, 1.54) is 7.05 Å². The second-order valence-corrected chi connectivity index (χ2v) is 6.31. The first-order valence-corrected chi connectivity index (χ1v) is 6.77. The second kappa shape index (κ2) is 5.92. The predicted molar refractivity (Wildman–Crippen MR) is 77.6 cm³/mol. The zero-order valence-electron chi connectivity index (χ0n) is 11.1. The van der Waals surface area contributed by atoms with Crippen LogP contribution >= 0.6 is 27.5 Å². The van der Waals surface area contributed by atoms with Gasteiger partial charge in [-0.05, 0) is 32.9 Å². The van der Waals surface area contributed by atoms with Crippen molar-refractivity contribution >= 4 is 39.4 Å². The molecule has 0 aliphatic heterocycles. The first kappa shape index (κ1) is 16.0. The Kier molecular flexibility index (Phi) is 4.98. The molecule has 19 heavy (non-hydrogen) atoms. The lowest BCUT2D eigenvalue weighted by Gasteiger charge is -2.18.